The van der Waals surface area contributed by atoms with Gasteiger partial charge >= 0.3 is 0 Å². The van der Waals surface area contributed by atoms with Gasteiger partial charge in [0.25, 0.3) is 0 Å². The van der Waals surface area contributed by atoms with Crippen molar-refractivity contribution in [3.8, 4) is 0 Å². The molecule has 2 aliphatic rings. The maximum Gasteiger partial charge on any atom is 0.0280 e. The number of hydrogen-bond acceptors (Lipinski definition) is 1. The van der Waals surface area contributed by atoms with Gasteiger partial charge in [-0.05, 0) is 42.7 Å². The largest absolute Gasteiger partial charge is 0.126 e. The van der Waals surface area contributed by atoms with E-state index in [9.17, 15) is 0 Å². The van der Waals surface area contributed by atoms with Gasteiger partial charge in [-0.15, -0.1) is 23.4 Å². The Morgan fingerprint density at radius 1 is 1.24 bits per heavy atom. The Morgan fingerprint density at radius 3 is 2.71 bits per heavy atom. The molecule has 0 nitrogen and oxygen atoms in total. The standard InChI is InChI=1S/C15H19ClS/c16-11-15(7-3-4-8-15)10-13-9-12-5-1-2-6-14(12)17-13/h1-2,5-6,13H,3-4,7-11H2. The van der Waals surface area contributed by atoms with Gasteiger partial charge in [-0.1, -0.05) is 31.0 Å². The van der Waals surface area contributed by atoms with Gasteiger partial charge in [0.05, 0.1) is 0 Å². The zero-order chi connectivity index (χ0) is 11.7. The van der Waals surface area contributed by atoms with Crippen LogP contribution in [0.3, 0.4) is 0 Å². The summed E-state index contributed by atoms with van der Waals surface area (Å²) in [6.45, 7) is 0. The second-order valence-electron chi connectivity index (χ2n) is 5.60. The molecule has 3 rings (SSSR count). The zero-order valence-electron chi connectivity index (χ0n) is 10.1. The number of halogens is 1. The molecule has 2 heteroatoms. The minimum absolute atomic E-state index is 0.460. The van der Waals surface area contributed by atoms with E-state index in [-0.39, 0.29) is 0 Å². The van der Waals surface area contributed by atoms with Crippen LogP contribution in [0.25, 0.3) is 0 Å². The number of rotatable bonds is 3. The first-order valence-corrected chi connectivity index (χ1v) is 8.03. The molecule has 0 aromatic heterocycles. The van der Waals surface area contributed by atoms with E-state index in [4.69, 9.17) is 11.6 Å². The van der Waals surface area contributed by atoms with Crippen LogP contribution in [0.4, 0.5) is 0 Å². The fourth-order valence-electron chi connectivity index (χ4n) is 3.37. The highest BCUT2D eigenvalue weighted by Crippen LogP contribution is 2.48. The summed E-state index contributed by atoms with van der Waals surface area (Å²) in [4.78, 5) is 1.50. The molecule has 92 valence electrons. The van der Waals surface area contributed by atoms with Crippen molar-refractivity contribution in [2.45, 2.75) is 48.7 Å². The molecule has 1 aliphatic carbocycles. The molecule has 1 unspecified atom stereocenters. The number of thioether (sulfide) groups is 1. The van der Waals surface area contributed by atoms with Gasteiger partial charge < -0.3 is 0 Å². The molecule has 1 aromatic rings. The number of hydrogen-bond donors (Lipinski definition) is 0. The van der Waals surface area contributed by atoms with Gasteiger partial charge in [-0.3, -0.25) is 0 Å². The Hall–Kier alpha value is -0.140. The molecule has 0 amide bonds. The van der Waals surface area contributed by atoms with E-state index < -0.39 is 0 Å². The Morgan fingerprint density at radius 2 is 2.00 bits per heavy atom. The molecular weight excluding hydrogens is 248 g/mol. The van der Waals surface area contributed by atoms with Gasteiger partial charge in [-0.2, -0.15) is 0 Å². The zero-order valence-corrected chi connectivity index (χ0v) is 11.7. The van der Waals surface area contributed by atoms with Crippen molar-refractivity contribution >= 4 is 23.4 Å². The van der Waals surface area contributed by atoms with E-state index in [2.05, 4.69) is 36.0 Å². The lowest BCUT2D eigenvalue weighted by Gasteiger charge is -2.29. The van der Waals surface area contributed by atoms with Crippen LogP contribution in [0.1, 0.15) is 37.7 Å². The molecule has 1 aliphatic heterocycles. The lowest BCUT2D eigenvalue weighted by Crippen LogP contribution is -2.23. The molecule has 1 saturated carbocycles. The summed E-state index contributed by atoms with van der Waals surface area (Å²) in [5.74, 6) is 0.862. The molecule has 0 spiro atoms. The first kappa shape index (κ1) is 11.9. The maximum atomic E-state index is 6.25. The number of alkyl halides is 1. The molecule has 1 aromatic carbocycles. The predicted octanol–water partition coefficient (Wildman–Crippen LogP) is 4.89. The minimum atomic E-state index is 0.460. The number of benzene rings is 1. The van der Waals surface area contributed by atoms with E-state index >= 15 is 0 Å². The van der Waals surface area contributed by atoms with Crippen molar-refractivity contribution in [2.75, 3.05) is 5.88 Å². The molecule has 0 bridgehead atoms. The second-order valence-corrected chi connectivity index (χ2v) is 7.21. The molecule has 1 heterocycles. The van der Waals surface area contributed by atoms with Crippen LogP contribution in [-0.4, -0.2) is 11.1 Å². The second kappa shape index (κ2) is 4.85. The summed E-state index contributed by atoms with van der Waals surface area (Å²) in [6.07, 6.45) is 8.04. The third-order valence-electron chi connectivity index (χ3n) is 4.32. The summed E-state index contributed by atoms with van der Waals surface area (Å²) >= 11 is 8.32. The molecule has 17 heavy (non-hydrogen) atoms. The first-order valence-electron chi connectivity index (χ1n) is 6.62. The summed E-state index contributed by atoms with van der Waals surface area (Å²) in [7, 11) is 0. The van der Waals surface area contributed by atoms with Crippen LogP contribution < -0.4 is 0 Å². The summed E-state index contributed by atoms with van der Waals surface area (Å²) in [5, 5.41) is 0.768. The van der Waals surface area contributed by atoms with Crippen molar-refractivity contribution in [1.82, 2.24) is 0 Å². The molecule has 0 N–H and O–H groups in total. The van der Waals surface area contributed by atoms with Crippen LogP contribution >= 0.6 is 23.4 Å². The highest BCUT2D eigenvalue weighted by Gasteiger charge is 2.37. The van der Waals surface area contributed by atoms with Gasteiger partial charge in [0.1, 0.15) is 0 Å². The molecule has 1 atom stereocenters. The maximum absolute atomic E-state index is 6.25. The molecule has 0 saturated heterocycles. The van der Waals surface area contributed by atoms with E-state index in [0.29, 0.717) is 5.41 Å². The number of fused-ring (bicyclic) bond motifs is 1. The lowest BCUT2D eigenvalue weighted by atomic mass is 9.82. The molecular formula is C15H19ClS. The summed E-state index contributed by atoms with van der Waals surface area (Å²) in [5.41, 5.74) is 2.01. The summed E-state index contributed by atoms with van der Waals surface area (Å²) in [6, 6.07) is 8.86. The topological polar surface area (TPSA) is 0 Å². The third kappa shape index (κ3) is 2.37. The van der Waals surface area contributed by atoms with Crippen LogP contribution in [0.15, 0.2) is 29.2 Å². The Labute approximate surface area is 113 Å². The van der Waals surface area contributed by atoms with Crippen LogP contribution in [0, 0.1) is 5.41 Å². The lowest BCUT2D eigenvalue weighted by molar-refractivity contribution is 0.311. The fraction of sp³-hybridized carbons (Fsp3) is 0.600. The van der Waals surface area contributed by atoms with Crippen molar-refractivity contribution in [1.29, 1.82) is 0 Å². The van der Waals surface area contributed by atoms with E-state index in [1.807, 2.05) is 0 Å². The Kier molecular flexibility index (Phi) is 3.40. The van der Waals surface area contributed by atoms with Gasteiger partial charge in [0.2, 0.25) is 0 Å². The third-order valence-corrected chi connectivity index (χ3v) is 6.21. The van der Waals surface area contributed by atoms with Gasteiger partial charge in [-0.25, -0.2) is 0 Å². The predicted molar refractivity (Wildman–Crippen MR) is 76.0 cm³/mol. The minimum Gasteiger partial charge on any atom is -0.126 e. The molecule has 1 fully saturated rings. The van der Waals surface area contributed by atoms with E-state index in [1.165, 1.54) is 43.4 Å². The average Bonchev–Trinajstić information content (AvgIpc) is 2.95. The summed E-state index contributed by atoms with van der Waals surface area (Å²) < 4.78 is 0. The highest BCUT2D eigenvalue weighted by atomic mass is 35.5. The van der Waals surface area contributed by atoms with Crippen molar-refractivity contribution in [3.05, 3.63) is 29.8 Å². The fourth-order valence-corrected chi connectivity index (χ4v) is 5.26. The van der Waals surface area contributed by atoms with E-state index in [1.54, 1.807) is 5.56 Å². The first-order chi connectivity index (χ1) is 8.31. The quantitative estimate of drug-likeness (QED) is 0.702. The highest BCUT2D eigenvalue weighted by molar-refractivity contribution is 8.00. The Bertz CT molecular complexity index is 371. The van der Waals surface area contributed by atoms with Crippen LogP contribution in [0.2, 0.25) is 0 Å². The van der Waals surface area contributed by atoms with Crippen molar-refractivity contribution in [3.63, 3.8) is 0 Å². The Balaban J connectivity index is 1.69. The van der Waals surface area contributed by atoms with Crippen LogP contribution in [0.5, 0.6) is 0 Å². The van der Waals surface area contributed by atoms with Crippen LogP contribution in [-0.2, 0) is 6.42 Å². The van der Waals surface area contributed by atoms with Crippen molar-refractivity contribution in [2.24, 2.45) is 5.41 Å². The normalized spacial score (nSPS) is 26.1. The van der Waals surface area contributed by atoms with E-state index in [0.717, 1.165) is 11.1 Å². The average molecular weight is 267 g/mol. The van der Waals surface area contributed by atoms with Gasteiger partial charge in [0, 0.05) is 16.0 Å². The SMILES string of the molecule is ClCC1(CC2Cc3ccccc3S2)CCCC1. The smallest absolute Gasteiger partial charge is 0.0280 e. The van der Waals surface area contributed by atoms with Crippen molar-refractivity contribution < 1.29 is 0 Å². The monoisotopic (exact) mass is 266 g/mol. The van der Waals surface area contributed by atoms with Gasteiger partial charge in [0.15, 0.2) is 0 Å². The molecule has 0 radical (unpaired) electrons.